The molecule has 33 heavy (non-hydrogen) atoms. The third-order valence-electron chi connectivity index (χ3n) is 4.92. The van der Waals surface area contributed by atoms with Crippen LogP contribution in [-0.2, 0) is 11.3 Å². The number of methoxy groups -OCH3 is 1. The maximum Gasteiger partial charge on any atom is 0.237 e. The molecule has 1 unspecified atom stereocenters. The number of carbonyl (C=O) groups excluding carboxylic acids is 1. The highest BCUT2D eigenvalue weighted by Gasteiger charge is 2.22. The van der Waals surface area contributed by atoms with Crippen molar-refractivity contribution in [2.75, 3.05) is 12.4 Å². The van der Waals surface area contributed by atoms with E-state index in [0.717, 1.165) is 17.1 Å². The van der Waals surface area contributed by atoms with Gasteiger partial charge >= 0.3 is 0 Å². The molecule has 166 valence electrons. The summed E-state index contributed by atoms with van der Waals surface area (Å²) in [7, 11) is 1.62. The van der Waals surface area contributed by atoms with Crippen LogP contribution in [0.4, 0.5) is 5.69 Å². The van der Waals surface area contributed by atoms with Crippen molar-refractivity contribution in [2.45, 2.75) is 23.9 Å². The van der Waals surface area contributed by atoms with Crippen molar-refractivity contribution in [3.63, 3.8) is 0 Å². The van der Waals surface area contributed by atoms with E-state index in [-0.39, 0.29) is 5.91 Å². The van der Waals surface area contributed by atoms with E-state index in [2.05, 4.69) is 21.6 Å². The molecule has 2 aromatic heterocycles. The molecule has 1 atom stereocenters. The predicted molar refractivity (Wildman–Crippen MR) is 125 cm³/mol. The molecule has 0 spiro atoms. The zero-order valence-corrected chi connectivity index (χ0v) is 18.9. The van der Waals surface area contributed by atoms with Gasteiger partial charge in [-0.05, 0) is 55.5 Å². The quantitative estimate of drug-likeness (QED) is 0.384. The van der Waals surface area contributed by atoms with Gasteiger partial charge < -0.3 is 14.5 Å². The van der Waals surface area contributed by atoms with Crippen LogP contribution < -0.4 is 10.1 Å². The maximum atomic E-state index is 12.8. The molecule has 0 bridgehead atoms. The van der Waals surface area contributed by atoms with E-state index in [4.69, 9.17) is 9.15 Å². The van der Waals surface area contributed by atoms with Gasteiger partial charge in [-0.1, -0.05) is 23.9 Å². The third-order valence-corrected chi connectivity index (χ3v) is 6.00. The lowest BCUT2D eigenvalue weighted by molar-refractivity contribution is -0.115. The minimum atomic E-state index is -0.486. The van der Waals surface area contributed by atoms with Crippen molar-refractivity contribution in [3.8, 4) is 23.2 Å². The number of ether oxygens (including phenoxy) is 1. The van der Waals surface area contributed by atoms with E-state index < -0.39 is 5.25 Å². The highest BCUT2D eigenvalue weighted by Crippen LogP contribution is 2.29. The Morgan fingerprint density at radius 2 is 1.97 bits per heavy atom. The molecule has 0 aliphatic heterocycles. The number of carbonyl (C=O) groups is 1. The fourth-order valence-electron chi connectivity index (χ4n) is 3.17. The molecule has 4 rings (SSSR count). The normalized spacial score (nSPS) is 11.5. The maximum absolute atomic E-state index is 12.8. The summed E-state index contributed by atoms with van der Waals surface area (Å²) in [5.74, 6) is 1.90. The first-order valence-electron chi connectivity index (χ1n) is 10.2. The molecule has 0 aliphatic carbocycles. The van der Waals surface area contributed by atoms with E-state index in [1.807, 2.05) is 41.0 Å². The molecular formula is C24H21N5O3S. The zero-order chi connectivity index (χ0) is 23.2. The van der Waals surface area contributed by atoms with Gasteiger partial charge in [-0.3, -0.25) is 9.36 Å². The lowest BCUT2D eigenvalue weighted by Crippen LogP contribution is -2.23. The molecule has 4 aromatic rings. The Balaban J connectivity index is 1.59. The Hall–Kier alpha value is -4.03. The summed E-state index contributed by atoms with van der Waals surface area (Å²) >= 11 is 1.28. The number of amides is 1. The zero-order valence-electron chi connectivity index (χ0n) is 18.1. The number of rotatable bonds is 8. The second-order valence-corrected chi connectivity index (χ2v) is 8.41. The first-order valence-corrected chi connectivity index (χ1v) is 11.0. The van der Waals surface area contributed by atoms with E-state index in [9.17, 15) is 10.1 Å². The largest absolute Gasteiger partial charge is 0.497 e. The van der Waals surface area contributed by atoms with Crippen LogP contribution in [0.15, 0.2) is 76.5 Å². The Morgan fingerprint density at radius 1 is 1.18 bits per heavy atom. The molecule has 1 N–H and O–H groups in total. The summed E-state index contributed by atoms with van der Waals surface area (Å²) in [4.78, 5) is 12.8. The van der Waals surface area contributed by atoms with Crippen LogP contribution in [0.2, 0.25) is 0 Å². The van der Waals surface area contributed by atoms with E-state index in [0.29, 0.717) is 28.8 Å². The third kappa shape index (κ3) is 5.07. The lowest BCUT2D eigenvalue weighted by Gasteiger charge is -2.14. The van der Waals surface area contributed by atoms with Crippen LogP contribution in [0.1, 0.15) is 18.2 Å². The minimum absolute atomic E-state index is 0.235. The molecule has 0 radical (unpaired) electrons. The number of hydrogen-bond donors (Lipinski definition) is 1. The van der Waals surface area contributed by atoms with Gasteiger partial charge in [0.05, 0.1) is 36.4 Å². The van der Waals surface area contributed by atoms with Gasteiger partial charge in [0.15, 0.2) is 11.0 Å². The number of anilines is 1. The number of para-hydroxylation sites is 1. The van der Waals surface area contributed by atoms with Crippen LogP contribution in [0.3, 0.4) is 0 Å². The van der Waals surface area contributed by atoms with Crippen LogP contribution in [0, 0.1) is 11.3 Å². The number of furan rings is 1. The number of nitriles is 1. The van der Waals surface area contributed by atoms with E-state index in [1.165, 1.54) is 11.8 Å². The Morgan fingerprint density at radius 3 is 2.67 bits per heavy atom. The molecule has 9 heteroatoms. The van der Waals surface area contributed by atoms with Crippen molar-refractivity contribution in [1.29, 1.82) is 5.26 Å². The monoisotopic (exact) mass is 459 g/mol. The molecular weight excluding hydrogens is 438 g/mol. The number of nitrogens with one attached hydrogen (secondary N) is 1. The van der Waals surface area contributed by atoms with Crippen molar-refractivity contribution in [2.24, 2.45) is 0 Å². The number of hydrogen-bond acceptors (Lipinski definition) is 7. The molecule has 0 saturated carbocycles. The van der Waals surface area contributed by atoms with Gasteiger partial charge in [-0.25, -0.2) is 0 Å². The van der Waals surface area contributed by atoms with Gasteiger partial charge in [0.2, 0.25) is 5.91 Å². The van der Waals surface area contributed by atoms with Gasteiger partial charge in [-0.15, -0.1) is 10.2 Å². The fraction of sp³-hybridized carbons (Fsp3) is 0.167. The van der Waals surface area contributed by atoms with E-state index in [1.54, 1.807) is 44.6 Å². The van der Waals surface area contributed by atoms with Crippen molar-refractivity contribution in [3.05, 3.63) is 78.3 Å². The van der Waals surface area contributed by atoms with Crippen LogP contribution >= 0.6 is 11.8 Å². The first-order chi connectivity index (χ1) is 16.1. The number of nitrogens with zero attached hydrogens (tertiary/aromatic N) is 4. The Labute approximate surface area is 195 Å². The molecule has 1 amide bonds. The Kier molecular flexibility index (Phi) is 6.76. The Bertz CT molecular complexity index is 1280. The van der Waals surface area contributed by atoms with Crippen LogP contribution in [-0.4, -0.2) is 33.0 Å². The topological polar surface area (TPSA) is 106 Å². The number of benzene rings is 2. The predicted octanol–water partition coefficient (Wildman–Crippen LogP) is 4.59. The minimum Gasteiger partial charge on any atom is -0.497 e. The fourth-order valence-corrected chi connectivity index (χ4v) is 4.01. The van der Waals surface area contributed by atoms with Gasteiger partial charge in [0.1, 0.15) is 17.6 Å². The highest BCUT2D eigenvalue weighted by molar-refractivity contribution is 8.00. The highest BCUT2D eigenvalue weighted by atomic mass is 32.2. The summed E-state index contributed by atoms with van der Waals surface area (Å²) in [5, 5.41) is 20.9. The summed E-state index contributed by atoms with van der Waals surface area (Å²) in [6, 6.07) is 20.2. The van der Waals surface area contributed by atoms with Gasteiger partial charge in [-0.2, -0.15) is 5.26 Å². The molecule has 0 aliphatic rings. The molecule has 2 heterocycles. The SMILES string of the molecule is COc1ccc(-c2nnc(SC(C)C(=O)Nc3ccccc3C#N)n2Cc2ccco2)cc1. The van der Waals surface area contributed by atoms with Crippen molar-refractivity contribution in [1.82, 2.24) is 14.8 Å². The molecule has 0 saturated heterocycles. The summed E-state index contributed by atoms with van der Waals surface area (Å²) in [6.07, 6.45) is 1.61. The first kappa shape index (κ1) is 22.2. The lowest BCUT2D eigenvalue weighted by atomic mass is 10.2. The molecule has 2 aromatic carbocycles. The van der Waals surface area contributed by atoms with Gasteiger partial charge in [0, 0.05) is 5.56 Å². The summed E-state index contributed by atoms with van der Waals surface area (Å²) < 4.78 is 12.7. The van der Waals surface area contributed by atoms with Crippen LogP contribution in [0.5, 0.6) is 5.75 Å². The smallest absolute Gasteiger partial charge is 0.237 e. The number of aromatic nitrogens is 3. The second-order valence-electron chi connectivity index (χ2n) is 7.11. The number of thioether (sulfide) groups is 1. The molecule has 8 nitrogen and oxygen atoms in total. The van der Waals surface area contributed by atoms with E-state index >= 15 is 0 Å². The standard InChI is InChI=1S/C24H21N5O3S/c1-16(23(30)26-21-8-4-3-6-18(21)14-25)33-24-28-27-22(17-9-11-19(31-2)12-10-17)29(24)15-20-7-5-13-32-20/h3-13,16H,15H2,1-2H3,(H,26,30). The van der Waals surface area contributed by atoms with Gasteiger partial charge in [0.25, 0.3) is 0 Å². The van der Waals surface area contributed by atoms with Crippen molar-refractivity contribution < 1.29 is 13.9 Å². The average molecular weight is 460 g/mol. The summed E-state index contributed by atoms with van der Waals surface area (Å²) in [5.41, 5.74) is 1.75. The second kappa shape index (κ2) is 10.1. The summed E-state index contributed by atoms with van der Waals surface area (Å²) in [6.45, 7) is 2.20. The average Bonchev–Trinajstić information content (AvgIpc) is 3.50. The van der Waals surface area contributed by atoms with Crippen molar-refractivity contribution >= 4 is 23.4 Å². The molecule has 0 fully saturated rings. The van der Waals surface area contributed by atoms with Crippen LogP contribution in [0.25, 0.3) is 11.4 Å².